The van der Waals surface area contributed by atoms with E-state index in [-0.39, 0.29) is 12.2 Å². The van der Waals surface area contributed by atoms with Gasteiger partial charge >= 0.3 is 0 Å². The average molecular weight is 320 g/mol. The molecule has 5 heteroatoms. The van der Waals surface area contributed by atoms with E-state index in [1.165, 1.54) is 0 Å². The molecule has 2 heterocycles. The number of fused-ring (bicyclic) bond motifs is 5. The van der Waals surface area contributed by atoms with E-state index in [0.29, 0.717) is 39.2 Å². The fraction of sp³-hybridized carbons (Fsp3) is 0.105. The van der Waals surface area contributed by atoms with Crippen LogP contribution in [0.15, 0.2) is 51.7 Å². The molecule has 1 aromatic heterocycles. The Balaban J connectivity index is 1.98. The molecule has 0 saturated carbocycles. The van der Waals surface area contributed by atoms with Crippen LogP contribution in [0.5, 0.6) is 17.2 Å². The molecule has 0 unspecified atom stereocenters. The summed E-state index contributed by atoms with van der Waals surface area (Å²) in [6.07, 6.45) is 0. The van der Waals surface area contributed by atoms with Gasteiger partial charge in [-0.1, -0.05) is 12.1 Å². The molecular weight excluding hydrogens is 308 g/mol. The number of rotatable bonds is 1. The van der Waals surface area contributed by atoms with Gasteiger partial charge in [-0.15, -0.1) is 0 Å². The van der Waals surface area contributed by atoms with Crippen molar-refractivity contribution in [3.63, 3.8) is 0 Å². The van der Waals surface area contributed by atoms with Gasteiger partial charge in [0.2, 0.25) is 12.2 Å². The maximum Gasteiger partial charge on any atom is 0.231 e. The molecule has 1 aliphatic rings. The summed E-state index contributed by atoms with van der Waals surface area (Å²) in [6.45, 7) is 0.202. The maximum atomic E-state index is 12.9. The zero-order chi connectivity index (χ0) is 16.3. The van der Waals surface area contributed by atoms with Crippen molar-refractivity contribution in [3.8, 4) is 17.2 Å². The minimum absolute atomic E-state index is 0.108. The van der Waals surface area contributed by atoms with Crippen molar-refractivity contribution >= 4 is 32.7 Å². The van der Waals surface area contributed by atoms with E-state index < -0.39 is 0 Å². The number of benzene rings is 3. The summed E-state index contributed by atoms with van der Waals surface area (Å²) in [5.41, 5.74) is 0.928. The van der Waals surface area contributed by atoms with Crippen LogP contribution in [-0.2, 0) is 0 Å². The van der Waals surface area contributed by atoms with E-state index in [0.717, 1.165) is 10.8 Å². The van der Waals surface area contributed by atoms with Crippen LogP contribution in [0, 0.1) is 0 Å². The zero-order valence-corrected chi connectivity index (χ0v) is 12.8. The second-order valence-electron chi connectivity index (χ2n) is 5.63. The minimum atomic E-state index is -0.108. The summed E-state index contributed by atoms with van der Waals surface area (Å²) < 4.78 is 22.2. The topological polar surface area (TPSA) is 57.9 Å². The van der Waals surface area contributed by atoms with E-state index in [1.807, 2.05) is 18.2 Å². The highest BCUT2D eigenvalue weighted by Crippen LogP contribution is 2.39. The molecule has 0 atom stereocenters. The molecule has 3 aromatic carbocycles. The average Bonchev–Trinajstić information content (AvgIpc) is 3.06. The van der Waals surface area contributed by atoms with E-state index >= 15 is 0 Å². The summed E-state index contributed by atoms with van der Waals surface area (Å²) in [7, 11) is 1.54. The summed E-state index contributed by atoms with van der Waals surface area (Å²) in [6, 6.07) is 12.7. The van der Waals surface area contributed by atoms with E-state index in [1.54, 1.807) is 31.4 Å². The molecule has 0 spiro atoms. The van der Waals surface area contributed by atoms with Gasteiger partial charge in [0.1, 0.15) is 22.3 Å². The van der Waals surface area contributed by atoms with Gasteiger partial charge in [0.15, 0.2) is 11.5 Å². The molecular formula is C19H12O5. The van der Waals surface area contributed by atoms with Crippen molar-refractivity contribution in [1.82, 2.24) is 0 Å². The second kappa shape index (κ2) is 4.64. The Kier molecular flexibility index (Phi) is 2.56. The Labute approximate surface area is 136 Å². The summed E-state index contributed by atoms with van der Waals surface area (Å²) in [5.74, 6) is 1.86. The van der Waals surface area contributed by atoms with Crippen molar-refractivity contribution in [1.29, 1.82) is 0 Å². The normalized spacial score (nSPS) is 13.0. The molecule has 0 saturated heterocycles. The summed E-state index contributed by atoms with van der Waals surface area (Å²) in [5, 5.41) is 2.71. The number of hydrogen-bond donors (Lipinski definition) is 0. The highest BCUT2D eigenvalue weighted by atomic mass is 16.7. The summed E-state index contributed by atoms with van der Waals surface area (Å²) >= 11 is 0. The number of methoxy groups -OCH3 is 1. The first-order chi connectivity index (χ1) is 11.8. The molecule has 24 heavy (non-hydrogen) atoms. The van der Waals surface area contributed by atoms with Crippen LogP contribution in [0.4, 0.5) is 0 Å². The number of ether oxygens (including phenoxy) is 3. The molecule has 0 radical (unpaired) electrons. The second-order valence-corrected chi connectivity index (χ2v) is 5.63. The number of hydrogen-bond acceptors (Lipinski definition) is 5. The van der Waals surface area contributed by atoms with Crippen LogP contribution in [-0.4, -0.2) is 13.9 Å². The molecule has 1 aliphatic heterocycles. The molecule has 0 amide bonds. The van der Waals surface area contributed by atoms with E-state index in [9.17, 15) is 4.79 Å². The van der Waals surface area contributed by atoms with Crippen LogP contribution in [0.1, 0.15) is 0 Å². The van der Waals surface area contributed by atoms with Crippen molar-refractivity contribution in [2.24, 2.45) is 0 Å². The van der Waals surface area contributed by atoms with Gasteiger partial charge in [0.05, 0.1) is 12.5 Å². The predicted octanol–water partition coefficient (Wildman–Crippen LogP) is 3.84. The lowest BCUT2D eigenvalue weighted by molar-refractivity contribution is 0.174. The van der Waals surface area contributed by atoms with Crippen molar-refractivity contribution in [2.45, 2.75) is 0 Å². The van der Waals surface area contributed by atoms with Crippen LogP contribution in [0.25, 0.3) is 32.7 Å². The van der Waals surface area contributed by atoms with Crippen molar-refractivity contribution in [2.75, 3.05) is 13.9 Å². The third-order valence-electron chi connectivity index (χ3n) is 4.36. The fourth-order valence-electron chi connectivity index (χ4n) is 3.21. The lowest BCUT2D eigenvalue weighted by Crippen LogP contribution is -2.04. The Morgan fingerprint density at radius 3 is 2.67 bits per heavy atom. The molecule has 0 bridgehead atoms. The molecule has 0 aliphatic carbocycles. The van der Waals surface area contributed by atoms with Crippen LogP contribution < -0.4 is 19.6 Å². The maximum absolute atomic E-state index is 12.9. The van der Waals surface area contributed by atoms with Gasteiger partial charge in [-0.3, -0.25) is 4.79 Å². The van der Waals surface area contributed by atoms with Gasteiger partial charge in [0, 0.05) is 5.39 Å². The zero-order valence-electron chi connectivity index (χ0n) is 12.8. The quantitative estimate of drug-likeness (QED) is 0.394. The predicted molar refractivity (Wildman–Crippen MR) is 90.2 cm³/mol. The minimum Gasteiger partial charge on any atom is -0.496 e. The first kappa shape index (κ1) is 13.2. The SMILES string of the molecule is COc1cccc2oc3c(ccc4cc5c(cc43)OCO5)c(=O)c12. The molecule has 5 rings (SSSR count). The Morgan fingerprint density at radius 2 is 1.83 bits per heavy atom. The molecule has 0 fully saturated rings. The molecule has 4 aromatic rings. The standard InChI is InChI=1S/C19H12O5/c1-21-13-3-2-4-14-17(13)18(20)11-6-5-10-7-15-16(23-9-22-15)8-12(10)19(11)24-14/h2-8H,9H2,1H3. The van der Waals surface area contributed by atoms with Gasteiger partial charge < -0.3 is 18.6 Å². The first-order valence-corrected chi connectivity index (χ1v) is 7.52. The van der Waals surface area contributed by atoms with Crippen LogP contribution >= 0.6 is 0 Å². The Bertz CT molecular complexity index is 1190. The van der Waals surface area contributed by atoms with Crippen LogP contribution in [0.2, 0.25) is 0 Å². The molecule has 118 valence electrons. The largest absolute Gasteiger partial charge is 0.496 e. The lowest BCUT2D eigenvalue weighted by Gasteiger charge is -2.08. The van der Waals surface area contributed by atoms with Crippen LogP contribution in [0.3, 0.4) is 0 Å². The van der Waals surface area contributed by atoms with E-state index in [2.05, 4.69) is 0 Å². The van der Waals surface area contributed by atoms with Gasteiger partial charge in [-0.2, -0.15) is 0 Å². The monoisotopic (exact) mass is 320 g/mol. The smallest absolute Gasteiger partial charge is 0.231 e. The Hall–Kier alpha value is -3.21. The van der Waals surface area contributed by atoms with E-state index in [4.69, 9.17) is 18.6 Å². The lowest BCUT2D eigenvalue weighted by atomic mass is 10.0. The highest BCUT2D eigenvalue weighted by Gasteiger charge is 2.18. The summed E-state index contributed by atoms with van der Waals surface area (Å²) in [4.78, 5) is 12.9. The van der Waals surface area contributed by atoms with Gasteiger partial charge in [-0.05, 0) is 35.7 Å². The van der Waals surface area contributed by atoms with Gasteiger partial charge in [-0.25, -0.2) is 0 Å². The van der Waals surface area contributed by atoms with Crippen molar-refractivity contribution in [3.05, 3.63) is 52.7 Å². The molecule has 0 N–H and O–H groups in total. The molecule has 5 nitrogen and oxygen atoms in total. The Morgan fingerprint density at radius 1 is 1.00 bits per heavy atom. The van der Waals surface area contributed by atoms with Crippen molar-refractivity contribution < 1.29 is 18.6 Å². The third-order valence-corrected chi connectivity index (χ3v) is 4.36. The highest BCUT2D eigenvalue weighted by molar-refractivity contribution is 6.08. The van der Waals surface area contributed by atoms with Gasteiger partial charge in [0.25, 0.3) is 0 Å². The fourth-order valence-corrected chi connectivity index (χ4v) is 3.21. The third kappa shape index (κ3) is 1.66. The first-order valence-electron chi connectivity index (χ1n) is 7.52.